The van der Waals surface area contributed by atoms with Crippen LogP contribution in [-0.2, 0) is 9.59 Å². The molecule has 0 spiro atoms. The van der Waals surface area contributed by atoms with Gasteiger partial charge in [0.25, 0.3) is 0 Å². The Balaban J connectivity index is 0.000000509. The highest BCUT2D eigenvalue weighted by molar-refractivity contribution is 5.95. The number of hydrogen-bond acceptors (Lipinski definition) is 5. The van der Waals surface area contributed by atoms with Crippen LogP contribution in [0.1, 0.15) is 55.3 Å². The van der Waals surface area contributed by atoms with Crippen molar-refractivity contribution < 1.29 is 23.9 Å². The first kappa shape index (κ1) is 27.4. The molecular formula is C26H36FN3O4. The molecule has 1 aromatic rings. The van der Waals surface area contributed by atoms with E-state index in [9.17, 15) is 18.8 Å². The van der Waals surface area contributed by atoms with Crippen molar-refractivity contribution in [2.75, 3.05) is 32.7 Å². The Labute approximate surface area is 201 Å². The molecule has 186 valence electrons. The zero-order chi connectivity index (χ0) is 25.0. The highest BCUT2D eigenvalue weighted by Gasteiger charge is 2.44. The molecule has 1 aromatic carbocycles. The average Bonchev–Trinajstić information content (AvgIpc) is 2.84. The average molecular weight is 474 g/mol. The van der Waals surface area contributed by atoms with E-state index in [1.54, 1.807) is 12.1 Å². The van der Waals surface area contributed by atoms with Gasteiger partial charge in [-0.3, -0.25) is 14.5 Å². The summed E-state index contributed by atoms with van der Waals surface area (Å²) in [5.41, 5.74) is 5.90. The molecule has 0 atom stereocenters. The normalized spacial score (nSPS) is 18.6. The first-order valence-corrected chi connectivity index (χ1v) is 11.9. The number of primary amides is 1. The third kappa shape index (κ3) is 8.18. The number of piperidine rings is 2. The van der Waals surface area contributed by atoms with Gasteiger partial charge in [-0.2, -0.15) is 0 Å². The van der Waals surface area contributed by atoms with Crippen molar-refractivity contribution in [2.24, 2.45) is 5.73 Å². The molecule has 0 bridgehead atoms. The number of amides is 1. The number of aliphatic carboxylic acids is 1. The first-order chi connectivity index (χ1) is 16.3. The van der Waals surface area contributed by atoms with Gasteiger partial charge in [0.2, 0.25) is 5.91 Å². The maximum Gasteiger partial charge on any atom is 0.328 e. The Morgan fingerprint density at radius 1 is 1.06 bits per heavy atom. The lowest BCUT2D eigenvalue weighted by Crippen LogP contribution is -2.63. The SMILES string of the molecule is C=C/C=C/C(=O)O.NC(=O)C1(N2CCCCC2)CCN(CCCC(=O)c2ccc(F)cc2)CC1. The van der Waals surface area contributed by atoms with Crippen LogP contribution in [0.4, 0.5) is 4.39 Å². The summed E-state index contributed by atoms with van der Waals surface area (Å²) in [5.74, 6) is -1.41. The number of nitrogens with zero attached hydrogens (tertiary/aromatic N) is 2. The van der Waals surface area contributed by atoms with Crippen molar-refractivity contribution in [3.8, 4) is 0 Å². The summed E-state index contributed by atoms with van der Waals surface area (Å²) in [6, 6.07) is 5.72. The number of allylic oxidation sites excluding steroid dienone is 2. The number of nitrogens with two attached hydrogens (primary N) is 1. The molecule has 0 aliphatic carbocycles. The van der Waals surface area contributed by atoms with Gasteiger partial charge in [0, 0.05) is 31.1 Å². The summed E-state index contributed by atoms with van der Waals surface area (Å²) in [6.45, 7) is 7.73. The number of carbonyl (C=O) groups excluding carboxylic acids is 2. The molecule has 1 amide bonds. The number of carboxylic acid groups (broad SMARTS) is 1. The molecule has 34 heavy (non-hydrogen) atoms. The fourth-order valence-electron chi connectivity index (χ4n) is 4.58. The van der Waals surface area contributed by atoms with E-state index >= 15 is 0 Å². The minimum atomic E-state index is -0.945. The summed E-state index contributed by atoms with van der Waals surface area (Å²) in [6.07, 6.45) is 10.1. The van der Waals surface area contributed by atoms with Crippen LogP contribution >= 0.6 is 0 Å². The fraction of sp³-hybridized carbons (Fsp3) is 0.500. The van der Waals surface area contributed by atoms with Crippen molar-refractivity contribution in [1.29, 1.82) is 0 Å². The summed E-state index contributed by atoms with van der Waals surface area (Å²) < 4.78 is 12.9. The highest BCUT2D eigenvalue weighted by Crippen LogP contribution is 2.31. The van der Waals surface area contributed by atoms with Gasteiger partial charge in [0.1, 0.15) is 11.4 Å². The van der Waals surface area contributed by atoms with E-state index in [2.05, 4.69) is 16.4 Å². The van der Waals surface area contributed by atoms with Gasteiger partial charge in [-0.25, -0.2) is 9.18 Å². The van der Waals surface area contributed by atoms with E-state index in [0.717, 1.165) is 70.9 Å². The minimum Gasteiger partial charge on any atom is -0.478 e. The van der Waals surface area contributed by atoms with E-state index < -0.39 is 11.5 Å². The molecule has 0 aromatic heterocycles. The molecule has 8 heteroatoms. The Kier molecular flexibility index (Phi) is 11.1. The third-order valence-corrected chi connectivity index (χ3v) is 6.52. The Hall–Kier alpha value is -2.84. The van der Waals surface area contributed by atoms with Gasteiger partial charge in [-0.15, -0.1) is 0 Å². The maximum absolute atomic E-state index is 12.9. The number of benzene rings is 1. The van der Waals surface area contributed by atoms with E-state index in [4.69, 9.17) is 10.8 Å². The van der Waals surface area contributed by atoms with Gasteiger partial charge in [-0.1, -0.05) is 25.2 Å². The van der Waals surface area contributed by atoms with Crippen molar-refractivity contribution in [1.82, 2.24) is 9.80 Å². The molecule has 2 saturated heterocycles. The number of likely N-dealkylation sites (tertiary alicyclic amines) is 2. The molecule has 0 unspecified atom stereocenters. The summed E-state index contributed by atoms with van der Waals surface area (Å²) in [4.78, 5) is 38.7. The van der Waals surface area contributed by atoms with E-state index in [-0.39, 0.29) is 17.5 Å². The molecular weight excluding hydrogens is 437 g/mol. The molecule has 3 rings (SSSR count). The smallest absolute Gasteiger partial charge is 0.328 e. The lowest BCUT2D eigenvalue weighted by Gasteiger charge is -2.48. The number of ketones is 1. The molecule has 2 fully saturated rings. The summed E-state index contributed by atoms with van der Waals surface area (Å²) in [7, 11) is 0. The molecule has 7 nitrogen and oxygen atoms in total. The van der Waals surface area contributed by atoms with Crippen LogP contribution in [0.15, 0.2) is 49.1 Å². The van der Waals surface area contributed by atoms with Crippen molar-refractivity contribution >= 4 is 17.7 Å². The predicted octanol–water partition coefficient (Wildman–Crippen LogP) is 3.41. The van der Waals surface area contributed by atoms with Crippen molar-refractivity contribution in [3.05, 3.63) is 60.5 Å². The largest absolute Gasteiger partial charge is 0.478 e. The minimum absolute atomic E-state index is 0.0480. The van der Waals surface area contributed by atoms with Gasteiger partial charge in [0.05, 0.1) is 0 Å². The zero-order valence-corrected chi connectivity index (χ0v) is 19.8. The first-order valence-electron chi connectivity index (χ1n) is 11.9. The second-order valence-electron chi connectivity index (χ2n) is 8.75. The zero-order valence-electron chi connectivity index (χ0n) is 19.8. The highest BCUT2D eigenvalue weighted by atomic mass is 19.1. The van der Waals surface area contributed by atoms with Crippen LogP contribution in [0.25, 0.3) is 0 Å². The Morgan fingerprint density at radius 2 is 1.68 bits per heavy atom. The van der Waals surface area contributed by atoms with Crippen LogP contribution in [0.5, 0.6) is 0 Å². The lowest BCUT2D eigenvalue weighted by molar-refractivity contribution is -0.135. The number of carboxylic acids is 1. The number of rotatable bonds is 9. The van der Waals surface area contributed by atoms with E-state index in [0.29, 0.717) is 12.0 Å². The van der Waals surface area contributed by atoms with Gasteiger partial charge in [0.15, 0.2) is 5.78 Å². The second-order valence-corrected chi connectivity index (χ2v) is 8.75. The monoisotopic (exact) mass is 473 g/mol. The second kappa shape index (κ2) is 13.8. The quantitative estimate of drug-likeness (QED) is 0.324. The van der Waals surface area contributed by atoms with Crippen LogP contribution in [0, 0.1) is 5.82 Å². The third-order valence-electron chi connectivity index (χ3n) is 6.52. The van der Waals surface area contributed by atoms with E-state index in [1.807, 2.05) is 0 Å². The van der Waals surface area contributed by atoms with Crippen LogP contribution < -0.4 is 5.73 Å². The number of carbonyl (C=O) groups is 3. The molecule has 2 aliphatic heterocycles. The maximum atomic E-state index is 12.9. The predicted molar refractivity (Wildman–Crippen MR) is 130 cm³/mol. The van der Waals surface area contributed by atoms with Gasteiger partial charge < -0.3 is 15.7 Å². The molecule has 0 saturated carbocycles. The van der Waals surface area contributed by atoms with Crippen LogP contribution in [0.3, 0.4) is 0 Å². The van der Waals surface area contributed by atoms with Crippen molar-refractivity contribution in [2.45, 2.75) is 50.5 Å². The fourth-order valence-corrected chi connectivity index (χ4v) is 4.58. The van der Waals surface area contributed by atoms with Crippen molar-refractivity contribution in [3.63, 3.8) is 0 Å². The Bertz CT molecular complexity index is 855. The topological polar surface area (TPSA) is 104 Å². The Morgan fingerprint density at radius 3 is 2.18 bits per heavy atom. The summed E-state index contributed by atoms with van der Waals surface area (Å²) in [5, 5.41) is 7.91. The molecule has 2 heterocycles. The lowest BCUT2D eigenvalue weighted by atomic mass is 9.83. The number of Topliss-reactive ketones (excluding diaryl/α,β-unsaturated/α-hetero) is 1. The number of hydrogen-bond donors (Lipinski definition) is 2. The molecule has 3 N–H and O–H groups in total. The van der Waals surface area contributed by atoms with Gasteiger partial charge in [-0.05, 0) is 76.0 Å². The number of halogens is 1. The van der Waals surface area contributed by atoms with Crippen LogP contribution in [-0.4, -0.2) is 70.8 Å². The molecule has 2 aliphatic rings. The van der Waals surface area contributed by atoms with Crippen LogP contribution in [0.2, 0.25) is 0 Å². The molecule has 0 radical (unpaired) electrons. The van der Waals surface area contributed by atoms with Gasteiger partial charge >= 0.3 is 5.97 Å². The standard InChI is InChI=1S/C21H30FN3O2.C5H6O2/c22-18-8-6-17(7-9-18)19(26)5-4-12-24-15-10-21(11-16-24,20(23)27)25-13-2-1-3-14-25;1-2-3-4-5(6)7/h6-9H,1-5,10-16H2,(H2,23,27);2-4H,1H2,(H,6,7)/b;4-3+. The summed E-state index contributed by atoms with van der Waals surface area (Å²) >= 11 is 0. The van der Waals surface area contributed by atoms with E-state index in [1.165, 1.54) is 30.7 Å².